The molecule has 5 nitrogen and oxygen atoms in total. The maximum atomic E-state index is 12.7. The van der Waals surface area contributed by atoms with Crippen molar-refractivity contribution in [1.29, 1.82) is 0 Å². The number of aryl methyl sites for hydroxylation is 1. The van der Waals surface area contributed by atoms with Crippen LogP contribution in [0.4, 0.5) is 5.82 Å². The number of hydrogen-bond donors (Lipinski definition) is 0. The van der Waals surface area contributed by atoms with Crippen LogP contribution >= 0.6 is 0 Å². The number of fused-ring (bicyclic) bond motifs is 1. The van der Waals surface area contributed by atoms with Gasteiger partial charge < -0.3 is 9.80 Å². The molecule has 2 aliphatic heterocycles. The van der Waals surface area contributed by atoms with Crippen molar-refractivity contribution in [2.24, 2.45) is 5.92 Å². The van der Waals surface area contributed by atoms with Crippen LogP contribution < -0.4 is 4.90 Å². The molecule has 5 rings (SSSR count). The molecule has 1 saturated carbocycles. The molecule has 1 aliphatic carbocycles. The number of piperidine rings is 1. The molecule has 3 heterocycles. The molecule has 0 N–H and O–H groups in total. The SMILES string of the molecule is Cc1nc(C2CCN(C(=O)Cc3ccccc3)CC2)nc2c1CCCN2CC1CC1. The molecular formula is C25H32N4O. The number of aromatic nitrogens is 2. The highest BCUT2D eigenvalue weighted by Gasteiger charge is 2.31. The van der Waals surface area contributed by atoms with Crippen molar-refractivity contribution in [2.45, 2.75) is 57.8 Å². The fourth-order valence-corrected chi connectivity index (χ4v) is 4.95. The van der Waals surface area contributed by atoms with Gasteiger partial charge in [0.15, 0.2) is 0 Å². The van der Waals surface area contributed by atoms with Crippen molar-refractivity contribution in [1.82, 2.24) is 14.9 Å². The average molecular weight is 405 g/mol. The van der Waals surface area contributed by atoms with Gasteiger partial charge in [-0.25, -0.2) is 9.97 Å². The van der Waals surface area contributed by atoms with Gasteiger partial charge >= 0.3 is 0 Å². The molecule has 1 amide bonds. The minimum absolute atomic E-state index is 0.234. The number of carbonyl (C=O) groups excluding carboxylic acids is 1. The predicted octanol–water partition coefficient (Wildman–Crippen LogP) is 3.90. The number of amides is 1. The quantitative estimate of drug-likeness (QED) is 0.758. The zero-order valence-corrected chi connectivity index (χ0v) is 18.0. The highest BCUT2D eigenvalue weighted by atomic mass is 16.2. The number of rotatable bonds is 5. The van der Waals surface area contributed by atoms with Crippen molar-refractivity contribution < 1.29 is 4.79 Å². The average Bonchev–Trinajstić information content (AvgIpc) is 3.59. The van der Waals surface area contributed by atoms with Gasteiger partial charge in [-0.05, 0) is 56.9 Å². The van der Waals surface area contributed by atoms with Crippen LogP contribution in [0.15, 0.2) is 30.3 Å². The van der Waals surface area contributed by atoms with Gasteiger partial charge in [-0.1, -0.05) is 30.3 Å². The van der Waals surface area contributed by atoms with Crippen molar-refractivity contribution >= 4 is 11.7 Å². The van der Waals surface area contributed by atoms with Crippen LogP contribution in [-0.2, 0) is 17.6 Å². The van der Waals surface area contributed by atoms with E-state index < -0.39 is 0 Å². The number of likely N-dealkylation sites (tertiary alicyclic amines) is 1. The lowest BCUT2D eigenvalue weighted by Gasteiger charge is -2.34. The molecular weight excluding hydrogens is 372 g/mol. The lowest BCUT2D eigenvalue weighted by atomic mass is 9.94. The molecule has 2 fully saturated rings. The summed E-state index contributed by atoms with van der Waals surface area (Å²) < 4.78 is 0. The fraction of sp³-hybridized carbons (Fsp3) is 0.560. The Morgan fingerprint density at radius 1 is 1.03 bits per heavy atom. The first-order chi connectivity index (χ1) is 14.7. The second-order valence-electron chi connectivity index (χ2n) is 9.28. The van der Waals surface area contributed by atoms with Crippen molar-refractivity contribution in [3.05, 3.63) is 53.0 Å². The van der Waals surface area contributed by atoms with E-state index in [-0.39, 0.29) is 5.91 Å². The van der Waals surface area contributed by atoms with Crippen LogP contribution in [0.3, 0.4) is 0 Å². The standard InChI is InChI=1S/C25H32N4O/c1-18-22-8-5-13-29(17-20-9-10-20)25(22)27-24(26-18)21-11-14-28(15-12-21)23(30)16-19-6-3-2-4-7-19/h2-4,6-7,20-21H,5,8-17H2,1H3. The first-order valence-electron chi connectivity index (χ1n) is 11.6. The van der Waals surface area contributed by atoms with Crippen LogP contribution in [0.2, 0.25) is 0 Å². The van der Waals surface area contributed by atoms with E-state index in [1.165, 1.54) is 30.6 Å². The van der Waals surface area contributed by atoms with Gasteiger partial charge in [-0.15, -0.1) is 0 Å². The minimum atomic E-state index is 0.234. The van der Waals surface area contributed by atoms with Gasteiger partial charge in [0.1, 0.15) is 11.6 Å². The van der Waals surface area contributed by atoms with Crippen molar-refractivity contribution in [3.63, 3.8) is 0 Å². The number of anilines is 1. The van der Waals surface area contributed by atoms with E-state index in [0.717, 1.165) is 68.4 Å². The summed E-state index contributed by atoms with van der Waals surface area (Å²) in [6.07, 6.45) is 7.48. The summed E-state index contributed by atoms with van der Waals surface area (Å²) in [7, 11) is 0. The highest BCUT2D eigenvalue weighted by molar-refractivity contribution is 5.78. The Labute approximate surface area is 179 Å². The summed E-state index contributed by atoms with van der Waals surface area (Å²) in [5.41, 5.74) is 3.62. The third-order valence-electron chi connectivity index (χ3n) is 6.95. The Morgan fingerprint density at radius 2 is 1.80 bits per heavy atom. The van der Waals surface area contributed by atoms with E-state index in [9.17, 15) is 4.79 Å². The molecule has 5 heteroatoms. The lowest BCUT2D eigenvalue weighted by Crippen LogP contribution is -2.39. The number of nitrogens with zero attached hydrogens (tertiary/aromatic N) is 4. The summed E-state index contributed by atoms with van der Waals surface area (Å²) in [6, 6.07) is 10.0. The molecule has 1 aromatic heterocycles. The van der Waals surface area contributed by atoms with E-state index in [1.807, 2.05) is 35.2 Å². The van der Waals surface area contributed by atoms with E-state index in [0.29, 0.717) is 12.3 Å². The van der Waals surface area contributed by atoms with Gasteiger partial charge in [0.2, 0.25) is 5.91 Å². The topological polar surface area (TPSA) is 49.3 Å². The van der Waals surface area contributed by atoms with Crippen molar-refractivity contribution in [2.75, 3.05) is 31.1 Å². The number of benzene rings is 1. The van der Waals surface area contributed by atoms with Crippen LogP contribution in [-0.4, -0.2) is 47.0 Å². The first kappa shape index (κ1) is 19.5. The zero-order valence-electron chi connectivity index (χ0n) is 18.0. The second kappa shape index (κ2) is 8.37. The maximum Gasteiger partial charge on any atom is 0.226 e. The predicted molar refractivity (Wildman–Crippen MR) is 119 cm³/mol. The molecule has 2 aromatic rings. The Hall–Kier alpha value is -2.43. The Balaban J connectivity index is 1.26. The summed E-state index contributed by atoms with van der Waals surface area (Å²) in [5, 5.41) is 0. The highest BCUT2D eigenvalue weighted by Crippen LogP contribution is 2.36. The fourth-order valence-electron chi connectivity index (χ4n) is 4.95. The number of carbonyl (C=O) groups is 1. The van der Waals surface area contributed by atoms with Crippen LogP contribution in [0, 0.1) is 12.8 Å². The van der Waals surface area contributed by atoms with Gasteiger partial charge in [-0.2, -0.15) is 0 Å². The van der Waals surface area contributed by atoms with Crippen molar-refractivity contribution in [3.8, 4) is 0 Å². The zero-order chi connectivity index (χ0) is 20.5. The Bertz CT molecular complexity index is 901. The van der Waals surface area contributed by atoms with Gasteiger partial charge in [-0.3, -0.25) is 4.79 Å². The Morgan fingerprint density at radius 3 is 2.53 bits per heavy atom. The maximum absolute atomic E-state index is 12.7. The van der Waals surface area contributed by atoms with Crippen LogP contribution in [0.25, 0.3) is 0 Å². The third kappa shape index (κ3) is 4.21. The van der Waals surface area contributed by atoms with Gasteiger partial charge in [0.05, 0.1) is 6.42 Å². The summed E-state index contributed by atoms with van der Waals surface area (Å²) in [6.45, 7) is 6.06. The molecule has 1 saturated heterocycles. The van der Waals surface area contributed by atoms with Gasteiger partial charge in [0, 0.05) is 43.4 Å². The molecule has 30 heavy (non-hydrogen) atoms. The molecule has 3 aliphatic rings. The van der Waals surface area contributed by atoms with Gasteiger partial charge in [0.25, 0.3) is 0 Å². The molecule has 0 atom stereocenters. The summed E-state index contributed by atoms with van der Waals surface area (Å²) in [4.78, 5) is 27.3. The normalized spacial score (nSPS) is 19.6. The Kier molecular flexibility index (Phi) is 5.45. The molecule has 0 bridgehead atoms. The summed E-state index contributed by atoms with van der Waals surface area (Å²) >= 11 is 0. The van der Waals surface area contributed by atoms with E-state index >= 15 is 0 Å². The lowest BCUT2D eigenvalue weighted by molar-refractivity contribution is -0.131. The molecule has 0 radical (unpaired) electrons. The number of hydrogen-bond acceptors (Lipinski definition) is 4. The molecule has 158 valence electrons. The van der Waals surface area contributed by atoms with E-state index in [1.54, 1.807) is 0 Å². The molecule has 0 spiro atoms. The molecule has 0 unspecified atom stereocenters. The van der Waals surface area contributed by atoms with E-state index in [2.05, 4.69) is 11.8 Å². The van der Waals surface area contributed by atoms with E-state index in [4.69, 9.17) is 9.97 Å². The minimum Gasteiger partial charge on any atom is -0.356 e. The van der Waals surface area contributed by atoms with Crippen LogP contribution in [0.5, 0.6) is 0 Å². The molecule has 1 aromatic carbocycles. The smallest absolute Gasteiger partial charge is 0.226 e. The first-order valence-corrected chi connectivity index (χ1v) is 11.6. The monoisotopic (exact) mass is 404 g/mol. The summed E-state index contributed by atoms with van der Waals surface area (Å²) in [5.74, 6) is 3.67. The largest absolute Gasteiger partial charge is 0.356 e. The van der Waals surface area contributed by atoms with Crippen LogP contribution in [0.1, 0.15) is 60.7 Å². The second-order valence-corrected chi connectivity index (χ2v) is 9.28. The third-order valence-corrected chi connectivity index (χ3v) is 6.95.